The van der Waals surface area contributed by atoms with Crippen LogP contribution in [0.15, 0.2) is 36.4 Å². The number of ether oxygens (including phenoxy) is 1. The van der Waals surface area contributed by atoms with E-state index in [1.165, 1.54) is 32.2 Å². The van der Waals surface area contributed by atoms with Crippen LogP contribution in [0.1, 0.15) is 35.2 Å². The Hall–Kier alpha value is -5.30. The molecule has 8 N–H and O–H groups in total. The van der Waals surface area contributed by atoms with Gasteiger partial charge in [-0.1, -0.05) is 18.2 Å². The van der Waals surface area contributed by atoms with Crippen LogP contribution >= 0.6 is 0 Å². The molecule has 2 aromatic carbocycles. The summed E-state index contributed by atoms with van der Waals surface area (Å²) in [6, 6.07) is 9.43. The molecule has 15 nitrogen and oxygen atoms in total. The van der Waals surface area contributed by atoms with Crippen molar-refractivity contribution in [3.63, 3.8) is 0 Å². The molecule has 0 heterocycles. The maximum Gasteiger partial charge on any atom is 0.306 e. The first kappa shape index (κ1) is 34.0. The second-order valence-electron chi connectivity index (χ2n) is 12.8. The zero-order chi connectivity index (χ0) is 35.5. The van der Waals surface area contributed by atoms with Gasteiger partial charge in [-0.15, -0.1) is 0 Å². The van der Waals surface area contributed by atoms with Crippen molar-refractivity contribution < 1.29 is 43.4 Å². The van der Waals surface area contributed by atoms with E-state index < -0.39 is 87.5 Å². The fraction of sp³-hybridized carbons (Fsp3) is 0.394. The van der Waals surface area contributed by atoms with Crippen LogP contribution in [0.25, 0.3) is 11.1 Å². The molecule has 48 heavy (non-hydrogen) atoms. The van der Waals surface area contributed by atoms with Gasteiger partial charge in [-0.25, -0.2) is 0 Å². The first-order valence-corrected chi connectivity index (χ1v) is 14.9. The van der Waals surface area contributed by atoms with Crippen LogP contribution in [0.2, 0.25) is 0 Å². The molecule has 0 radical (unpaired) electrons. The van der Waals surface area contributed by atoms with Gasteiger partial charge in [0.1, 0.15) is 11.7 Å². The first-order valence-electron chi connectivity index (χ1n) is 14.9. The predicted octanol–water partition coefficient (Wildman–Crippen LogP) is -0.633. The first-order chi connectivity index (χ1) is 22.5. The van der Waals surface area contributed by atoms with E-state index in [-0.39, 0.29) is 30.4 Å². The number of phenols is 1. The van der Waals surface area contributed by atoms with Crippen molar-refractivity contribution >= 4 is 46.6 Å². The van der Waals surface area contributed by atoms with Crippen molar-refractivity contribution in [2.24, 2.45) is 34.5 Å². The summed E-state index contributed by atoms with van der Waals surface area (Å²) < 4.78 is 4.54. The fourth-order valence-electron chi connectivity index (χ4n) is 7.75. The van der Waals surface area contributed by atoms with Crippen LogP contribution in [0.3, 0.4) is 0 Å². The van der Waals surface area contributed by atoms with Gasteiger partial charge in [-0.05, 0) is 61.8 Å². The number of rotatable bonds is 7. The highest BCUT2D eigenvalue weighted by Gasteiger charge is 2.78. The van der Waals surface area contributed by atoms with Gasteiger partial charge < -0.3 is 32.4 Å². The van der Waals surface area contributed by atoms with Crippen LogP contribution in [0.4, 0.5) is 5.69 Å². The summed E-state index contributed by atoms with van der Waals surface area (Å²) in [5.74, 6) is -11.4. The minimum absolute atomic E-state index is 0.0920. The van der Waals surface area contributed by atoms with Crippen molar-refractivity contribution in [2.45, 2.75) is 42.8 Å². The number of phenolic OH excluding ortho intramolecular Hbond substituents is 1. The number of carbonyl (C=O) groups excluding carboxylic acids is 7. The minimum Gasteiger partial charge on any atom is -0.507 e. The standard InChI is InChI=1S/C33H34N6O9/c1-39(2)27-26(44)23(30(35)47)28(45)32(14-34)29(46)24-25(43)22-18(12-31(24,36)13-33(27,32)37)17(8-9-19(22)40)15-4-6-16(7-5-15)38-20(41)10-11-21(42)48-3/h4-9,23-24,27,40H,10-13,36-37H2,1-3H3,(H2,35,47)(H,38,41)/t23?,24?,27-,31-,32+,33-/m1/s1. The number of primary amides is 1. The van der Waals surface area contributed by atoms with Gasteiger partial charge in [0.2, 0.25) is 11.8 Å². The van der Waals surface area contributed by atoms with Gasteiger partial charge in [-0.2, -0.15) is 5.26 Å². The number of nitrogens with zero attached hydrogens (tertiary/aromatic N) is 2. The summed E-state index contributed by atoms with van der Waals surface area (Å²) in [4.78, 5) is 93.4. The normalized spacial score (nSPS) is 29.3. The maximum absolute atomic E-state index is 14.5. The van der Waals surface area contributed by atoms with E-state index in [1.807, 2.05) is 0 Å². The Labute approximate surface area is 274 Å². The summed E-state index contributed by atoms with van der Waals surface area (Å²) in [5, 5.41) is 24.1. The average molecular weight is 659 g/mol. The lowest BCUT2D eigenvalue weighted by Gasteiger charge is -2.60. The molecule has 0 spiro atoms. The molecule has 2 amide bonds. The molecular weight excluding hydrogens is 624 g/mol. The van der Waals surface area contributed by atoms with Crippen LogP contribution in [-0.2, 0) is 39.9 Å². The molecule has 0 aromatic heterocycles. The molecule has 3 aliphatic carbocycles. The summed E-state index contributed by atoms with van der Waals surface area (Å²) >= 11 is 0. The molecule has 0 bridgehead atoms. The van der Waals surface area contributed by atoms with Crippen molar-refractivity contribution in [3.8, 4) is 22.9 Å². The number of hydrogen-bond donors (Lipinski definition) is 5. The highest BCUT2D eigenvalue weighted by atomic mass is 16.5. The van der Waals surface area contributed by atoms with Crippen LogP contribution < -0.4 is 22.5 Å². The largest absolute Gasteiger partial charge is 0.507 e. The number of benzene rings is 2. The molecule has 0 saturated heterocycles. The van der Waals surface area contributed by atoms with E-state index in [2.05, 4.69) is 10.1 Å². The summed E-state index contributed by atoms with van der Waals surface area (Å²) in [6.07, 6.45) is -0.957. The SMILES string of the molecule is COC(=O)CCC(=O)Nc1ccc(-c2ccc(O)c3c2C[C@@]2(N)C[C@@]4(N)[C@H](N(C)C)C(=O)C(C(N)=O)C(=O)[C@@]4(C#N)C(=O)C2C3=O)cc1. The number of Topliss-reactive ketones (excluding diaryl/α,β-unsaturated/α-hetero) is 4. The minimum atomic E-state index is -2.83. The number of hydrogen-bond acceptors (Lipinski definition) is 13. The number of carbonyl (C=O) groups is 7. The molecular formula is C33H34N6O9. The van der Waals surface area contributed by atoms with Gasteiger partial charge in [-0.3, -0.25) is 38.5 Å². The highest BCUT2D eigenvalue weighted by Crippen LogP contribution is 2.57. The van der Waals surface area contributed by atoms with E-state index in [0.717, 1.165) is 0 Å². The maximum atomic E-state index is 14.5. The number of nitriles is 1. The molecule has 250 valence electrons. The summed E-state index contributed by atoms with van der Waals surface area (Å²) in [5.41, 5.74) is 13.7. The van der Waals surface area contributed by atoms with E-state index in [1.54, 1.807) is 36.4 Å². The number of nitrogens with one attached hydrogen (secondary N) is 1. The number of methoxy groups -OCH3 is 1. The second kappa shape index (κ2) is 11.7. The Kier molecular flexibility index (Phi) is 8.33. The number of likely N-dealkylation sites (N-methyl/N-ethyl adjacent to an activating group) is 1. The molecule has 5 rings (SSSR count). The van der Waals surface area contributed by atoms with Crippen LogP contribution in [-0.4, -0.2) is 89.2 Å². The zero-order valence-electron chi connectivity index (χ0n) is 26.4. The molecule has 3 aliphatic rings. The quantitative estimate of drug-likeness (QED) is 0.183. The number of ketones is 4. The number of fused-ring (bicyclic) bond motifs is 3. The molecule has 6 atom stereocenters. The van der Waals surface area contributed by atoms with Crippen LogP contribution in [0, 0.1) is 28.6 Å². The van der Waals surface area contributed by atoms with E-state index in [0.29, 0.717) is 16.8 Å². The Morgan fingerprint density at radius 2 is 1.69 bits per heavy atom. The summed E-state index contributed by atoms with van der Waals surface area (Å²) in [7, 11) is 4.07. The number of aromatic hydroxyl groups is 1. The molecule has 15 heteroatoms. The summed E-state index contributed by atoms with van der Waals surface area (Å²) in [6.45, 7) is 0. The molecule has 2 aromatic rings. The molecule has 0 aliphatic heterocycles. The topological polar surface area (TPSA) is 266 Å². The number of nitrogens with two attached hydrogens (primary N) is 3. The van der Waals surface area contributed by atoms with Crippen molar-refractivity contribution in [3.05, 3.63) is 47.5 Å². The molecule has 2 unspecified atom stereocenters. The lowest BCUT2D eigenvalue weighted by atomic mass is 9.42. The van der Waals surface area contributed by atoms with Crippen molar-refractivity contribution in [1.82, 2.24) is 4.90 Å². The third-order valence-electron chi connectivity index (χ3n) is 9.74. The van der Waals surface area contributed by atoms with E-state index in [4.69, 9.17) is 17.2 Å². The number of amides is 2. The lowest BCUT2D eigenvalue weighted by Crippen LogP contribution is -2.85. The van der Waals surface area contributed by atoms with E-state index >= 15 is 0 Å². The third-order valence-corrected chi connectivity index (χ3v) is 9.74. The van der Waals surface area contributed by atoms with Crippen molar-refractivity contribution in [1.29, 1.82) is 5.26 Å². The van der Waals surface area contributed by atoms with Gasteiger partial charge in [0.15, 0.2) is 34.5 Å². The van der Waals surface area contributed by atoms with Gasteiger partial charge in [0.25, 0.3) is 0 Å². The van der Waals surface area contributed by atoms with Gasteiger partial charge in [0.05, 0.1) is 36.7 Å². The Morgan fingerprint density at radius 3 is 2.25 bits per heavy atom. The fourth-order valence-corrected chi connectivity index (χ4v) is 7.75. The van der Waals surface area contributed by atoms with Gasteiger partial charge >= 0.3 is 5.97 Å². The smallest absolute Gasteiger partial charge is 0.306 e. The lowest BCUT2D eigenvalue weighted by molar-refractivity contribution is -0.166. The average Bonchev–Trinajstić information content (AvgIpc) is 2.99. The highest BCUT2D eigenvalue weighted by molar-refractivity contribution is 6.33. The zero-order valence-corrected chi connectivity index (χ0v) is 26.4. The molecule has 2 saturated carbocycles. The molecule has 2 fully saturated rings. The predicted molar refractivity (Wildman–Crippen MR) is 167 cm³/mol. The van der Waals surface area contributed by atoms with Gasteiger partial charge in [0, 0.05) is 17.6 Å². The monoisotopic (exact) mass is 658 g/mol. The van der Waals surface area contributed by atoms with E-state index in [9.17, 15) is 43.9 Å². The van der Waals surface area contributed by atoms with Crippen LogP contribution in [0.5, 0.6) is 5.75 Å². The number of esters is 1. The Balaban J connectivity index is 1.59. The number of anilines is 1. The third kappa shape index (κ3) is 4.79. The van der Waals surface area contributed by atoms with Crippen molar-refractivity contribution in [2.75, 3.05) is 26.5 Å². The Morgan fingerprint density at radius 1 is 1.04 bits per heavy atom. The second-order valence-corrected chi connectivity index (χ2v) is 12.8. The Bertz CT molecular complexity index is 1850.